The Morgan fingerprint density at radius 2 is 0.677 bits per heavy atom. The summed E-state index contributed by atoms with van der Waals surface area (Å²) in [5.41, 5.74) is 9.58. The van der Waals surface area contributed by atoms with E-state index < -0.39 is 0 Å². The largest absolute Gasteiger partial charge is 0.0507 e. The molecule has 0 bridgehead atoms. The van der Waals surface area contributed by atoms with Gasteiger partial charge in [-0.1, -0.05) is 42.5 Å². The van der Waals surface area contributed by atoms with Crippen molar-refractivity contribution in [3.05, 3.63) is 81.4 Å². The Labute approximate surface area is 183 Å². The van der Waals surface area contributed by atoms with Crippen LogP contribution < -0.4 is 0 Å². The SMILES string of the molecule is Cc1cc2c3cc(C)c(C)cc3c3cc(C)c(C)c4c5cc(C)c(C)cc5c(c1)c2c34. The van der Waals surface area contributed by atoms with E-state index in [4.69, 9.17) is 0 Å². The van der Waals surface area contributed by atoms with Crippen LogP contribution in [0, 0.1) is 48.5 Å². The molecule has 0 heteroatoms. The van der Waals surface area contributed by atoms with Gasteiger partial charge < -0.3 is 0 Å². The first kappa shape index (κ1) is 18.6. The van der Waals surface area contributed by atoms with Crippen molar-refractivity contribution in [1.82, 2.24) is 0 Å². The van der Waals surface area contributed by atoms with Gasteiger partial charge in [-0.05, 0) is 141 Å². The Kier molecular flexibility index (Phi) is 3.59. The Balaban J connectivity index is 2.12. The molecule has 152 valence electrons. The normalized spacial score (nSPS) is 12.4. The maximum absolute atomic E-state index is 2.43. The highest BCUT2D eigenvalue weighted by Crippen LogP contribution is 2.47. The average molecular weight is 401 g/mol. The van der Waals surface area contributed by atoms with Gasteiger partial charge in [0.15, 0.2) is 0 Å². The molecule has 0 aliphatic rings. The number of benzene rings is 6. The minimum absolute atomic E-state index is 1.33. The third-order valence-electron chi connectivity index (χ3n) is 7.79. The van der Waals surface area contributed by atoms with Crippen LogP contribution in [0.5, 0.6) is 0 Å². The van der Waals surface area contributed by atoms with Gasteiger partial charge in [-0.15, -0.1) is 0 Å². The summed E-state index contributed by atoms with van der Waals surface area (Å²) in [6, 6.07) is 16.9. The van der Waals surface area contributed by atoms with E-state index in [1.807, 2.05) is 0 Å². The zero-order valence-corrected chi connectivity index (χ0v) is 19.5. The van der Waals surface area contributed by atoms with Crippen LogP contribution in [-0.2, 0) is 0 Å². The Bertz CT molecular complexity index is 1710. The molecule has 0 spiro atoms. The molecule has 0 N–H and O–H groups in total. The molecule has 0 saturated carbocycles. The minimum atomic E-state index is 1.33. The number of hydrogen-bond acceptors (Lipinski definition) is 0. The van der Waals surface area contributed by atoms with E-state index >= 15 is 0 Å². The van der Waals surface area contributed by atoms with E-state index in [-0.39, 0.29) is 0 Å². The number of rotatable bonds is 0. The van der Waals surface area contributed by atoms with Crippen molar-refractivity contribution in [3.8, 4) is 0 Å². The summed E-state index contributed by atoms with van der Waals surface area (Å²) < 4.78 is 0. The standard InChI is InChI=1S/C31H28/c1-15-8-25-22-10-16(2)17(3)11-23(22)28-14-20(6)21(7)29-27-13-19(5)18(4)12-24(27)26(9-15)30(25)31(28)29/h8-14H,1-7H3. The Morgan fingerprint density at radius 3 is 1.19 bits per heavy atom. The third-order valence-corrected chi connectivity index (χ3v) is 7.79. The molecule has 0 aromatic heterocycles. The minimum Gasteiger partial charge on any atom is -0.0507 e. The lowest BCUT2D eigenvalue weighted by Crippen LogP contribution is -1.96. The van der Waals surface area contributed by atoms with Crippen LogP contribution in [0.2, 0.25) is 0 Å². The summed E-state index contributed by atoms with van der Waals surface area (Å²) in [7, 11) is 0. The Morgan fingerprint density at radius 1 is 0.323 bits per heavy atom. The summed E-state index contributed by atoms with van der Waals surface area (Å²) in [5, 5.41) is 14.1. The fourth-order valence-corrected chi connectivity index (χ4v) is 5.71. The summed E-state index contributed by atoms with van der Waals surface area (Å²) >= 11 is 0. The summed E-state index contributed by atoms with van der Waals surface area (Å²) in [6.07, 6.45) is 0. The van der Waals surface area contributed by atoms with E-state index in [2.05, 4.69) is 90.9 Å². The maximum atomic E-state index is 2.43. The first-order valence-corrected chi connectivity index (χ1v) is 11.3. The molecule has 0 heterocycles. The van der Waals surface area contributed by atoms with Crippen LogP contribution in [0.1, 0.15) is 38.9 Å². The highest BCUT2D eigenvalue weighted by atomic mass is 14.2. The van der Waals surface area contributed by atoms with E-state index in [1.54, 1.807) is 0 Å². The van der Waals surface area contributed by atoms with Crippen molar-refractivity contribution in [2.24, 2.45) is 0 Å². The van der Waals surface area contributed by atoms with Gasteiger partial charge in [-0.25, -0.2) is 0 Å². The zero-order valence-electron chi connectivity index (χ0n) is 19.5. The van der Waals surface area contributed by atoms with Gasteiger partial charge in [0.25, 0.3) is 0 Å². The van der Waals surface area contributed by atoms with Crippen molar-refractivity contribution in [2.75, 3.05) is 0 Å². The molecule has 0 amide bonds. The van der Waals surface area contributed by atoms with Crippen molar-refractivity contribution in [3.63, 3.8) is 0 Å². The molecule has 6 aromatic rings. The molecule has 0 aliphatic heterocycles. The predicted molar refractivity (Wildman–Crippen MR) is 138 cm³/mol. The Hall–Kier alpha value is -3.12. The van der Waals surface area contributed by atoms with Gasteiger partial charge in [0.2, 0.25) is 0 Å². The molecule has 6 aromatic carbocycles. The molecular formula is C31H28. The van der Waals surface area contributed by atoms with Crippen LogP contribution in [0.3, 0.4) is 0 Å². The van der Waals surface area contributed by atoms with Gasteiger partial charge in [0.1, 0.15) is 0 Å². The zero-order chi connectivity index (χ0) is 21.8. The van der Waals surface area contributed by atoms with E-state index in [1.165, 1.54) is 92.8 Å². The second kappa shape index (κ2) is 5.98. The molecule has 0 nitrogen and oxygen atoms in total. The first-order valence-electron chi connectivity index (χ1n) is 11.3. The van der Waals surface area contributed by atoms with Crippen LogP contribution in [-0.4, -0.2) is 0 Å². The van der Waals surface area contributed by atoms with Crippen LogP contribution in [0.25, 0.3) is 53.9 Å². The molecule has 0 unspecified atom stereocenters. The number of hydrogen-bond donors (Lipinski definition) is 0. The molecular weight excluding hydrogens is 372 g/mol. The highest BCUT2D eigenvalue weighted by molar-refractivity contribution is 6.40. The monoisotopic (exact) mass is 400 g/mol. The molecule has 0 radical (unpaired) electrons. The van der Waals surface area contributed by atoms with Crippen molar-refractivity contribution in [1.29, 1.82) is 0 Å². The van der Waals surface area contributed by atoms with Crippen molar-refractivity contribution < 1.29 is 0 Å². The smallest absolute Gasteiger partial charge is 0.00110 e. The predicted octanol–water partition coefficient (Wildman–Crippen LogP) is 9.05. The number of fused-ring (bicyclic) bond motifs is 6. The highest BCUT2D eigenvalue weighted by Gasteiger charge is 2.20. The second-order valence-corrected chi connectivity index (χ2v) is 9.82. The average Bonchev–Trinajstić information content (AvgIpc) is 2.72. The molecule has 0 saturated heterocycles. The van der Waals surface area contributed by atoms with E-state index in [0.29, 0.717) is 0 Å². The second-order valence-electron chi connectivity index (χ2n) is 9.82. The van der Waals surface area contributed by atoms with Gasteiger partial charge in [0, 0.05) is 0 Å². The fraction of sp³-hybridized carbons (Fsp3) is 0.226. The lowest BCUT2D eigenvalue weighted by Gasteiger charge is -2.22. The molecule has 0 fully saturated rings. The maximum Gasteiger partial charge on any atom is -0.00110 e. The van der Waals surface area contributed by atoms with E-state index in [9.17, 15) is 0 Å². The topological polar surface area (TPSA) is 0 Å². The molecule has 0 aliphatic carbocycles. The lowest BCUT2D eigenvalue weighted by atomic mass is 9.81. The molecule has 0 atom stereocenters. The van der Waals surface area contributed by atoms with Crippen LogP contribution in [0.15, 0.2) is 42.5 Å². The van der Waals surface area contributed by atoms with Gasteiger partial charge in [0.05, 0.1) is 0 Å². The number of aryl methyl sites for hydroxylation is 7. The van der Waals surface area contributed by atoms with Gasteiger partial charge in [-0.2, -0.15) is 0 Å². The lowest BCUT2D eigenvalue weighted by molar-refractivity contribution is 1.36. The summed E-state index contributed by atoms with van der Waals surface area (Å²) in [4.78, 5) is 0. The van der Waals surface area contributed by atoms with E-state index in [0.717, 1.165) is 0 Å². The van der Waals surface area contributed by atoms with Crippen molar-refractivity contribution >= 4 is 53.9 Å². The van der Waals surface area contributed by atoms with Crippen LogP contribution in [0.4, 0.5) is 0 Å². The summed E-state index contributed by atoms with van der Waals surface area (Å²) in [6.45, 7) is 15.8. The summed E-state index contributed by atoms with van der Waals surface area (Å²) in [5.74, 6) is 0. The van der Waals surface area contributed by atoms with Crippen LogP contribution >= 0.6 is 0 Å². The van der Waals surface area contributed by atoms with Gasteiger partial charge >= 0.3 is 0 Å². The quantitative estimate of drug-likeness (QED) is 0.176. The fourth-order valence-electron chi connectivity index (χ4n) is 5.71. The first-order chi connectivity index (χ1) is 14.8. The third kappa shape index (κ3) is 2.31. The van der Waals surface area contributed by atoms with Crippen molar-refractivity contribution in [2.45, 2.75) is 48.5 Å². The molecule has 6 rings (SSSR count). The molecule has 31 heavy (non-hydrogen) atoms. The van der Waals surface area contributed by atoms with Gasteiger partial charge in [-0.3, -0.25) is 0 Å².